The summed E-state index contributed by atoms with van der Waals surface area (Å²) >= 11 is 6.32. The standard InChI is InChI=1S/C19H21ClN4O/c1-22-10-8-21-18(22)14-6-4-9-24(12-14)19(25)16-11-13-5-3-7-15(20)17(13)23(16)2/h3,5,7-8,10-11,14H,4,6,9,12H2,1-2H3/t14-/m0/s1. The minimum Gasteiger partial charge on any atom is -0.338 e. The van der Waals surface area contributed by atoms with Gasteiger partial charge in [-0.25, -0.2) is 4.98 Å². The van der Waals surface area contributed by atoms with Gasteiger partial charge in [0.25, 0.3) is 5.91 Å². The molecule has 3 aromatic rings. The van der Waals surface area contributed by atoms with Gasteiger partial charge in [0.15, 0.2) is 0 Å². The van der Waals surface area contributed by atoms with E-state index in [4.69, 9.17) is 11.6 Å². The molecule has 3 heterocycles. The summed E-state index contributed by atoms with van der Waals surface area (Å²) in [6.45, 7) is 1.49. The number of halogens is 1. The fourth-order valence-corrected chi connectivity index (χ4v) is 4.19. The molecule has 25 heavy (non-hydrogen) atoms. The predicted molar refractivity (Wildman–Crippen MR) is 99.0 cm³/mol. The van der Waals surface area contributed by atoms with E-state index in [0.29, 0.717) is 17.3 Å². The Morgan fingerprint density at radius 1 is 1.32 bits per heavy atom. The molecule has 1 aliphatic rings. The number of benzene rings is 1. The summed E-state index contributed by atoms with van der Waals surface area (Å²) < 4.78 is 3.96. The molecule has 1 aliphatic heterocycles. The summed E-state index contributed by atoms with van der Waals surface area (Å²) in [5, 5.41) is 1.67. The highest BCUT2D eigenvalue weighted by atomic mass is 35.5. The van der Waals surface area contributed by atoms with Gasteiger partial charge in [0.2, 0.25) is 0 Å². The maximum absolute atomic E-state index is 13.1. The van der Waals surface area contributed by atoms with Gasteiger partial charge < -0.3 is 14.0 Å². The number of rotatable bonds is 2. The van der Waals surface area contributed by atoms with Gasteiger partial charge in [-0.05, 0) is 25.0 Å². The zero-order chi connectivity index (χ0) is 17.6. The number of aryl methyl sites for hydroxylation is 2. The Bertz CT molecular complexity index is 942. The molecule has 2 aromatic heterocycles. The quantitative estimate of drug-likeness (QED) is 0.704. The van der Waals surface area contributed by atoms with Crippen molar-refractivity contribution in [1.82, 2.24) is 19.0 Å². The number of hydrogen-bond donors (Lipinski definition) is 0. The van der Waals surface area contributed by atoms with Crippen LogP contribution in [0.5, 0.6) is 0 Å². The van der Waals surface area contributed by atoms with Crippen molar-refractivity contribution in [2.24, 2.45) is 14.1 Å². The number of carbonyl (C=O) groups excluding carboxylic acids is 1. The van der Waals surface area contributed by atoms with Crippen LogP contribution in [0, 0.1) is 0 Å². The molecule has 1 atom stereocenters. The predicted octanol–water partition coefficient (Wildman–Crippen LogP) is 3.59. The third kappa shape index (κ3) is 2.72. The van der Waals surface area contributed by atoms with Gasteiger partial charge in [0.1, 0.15) is 11.5 Å². The number of amides is 1. The van der Waals surface area contributed by atoms with Crippen LogP contribution in [0.15, 0.2) is 36.7 Å². The molecule has 0 unspecified atom stereocenters. The number of piperidine rings is 1. The number of fused-ring (bicyclic) bond motifs is 1. The number of imidazole rings is 1. The molecule has 1 fully saturated rings. The largest absolute Gasteiger partial charge is 0.338 e. The number of hydrogen-bond acceptors (Lipinski definition) is 2. The van der Waals surface area contributed by atoms with Gasteiger partial charge in [-0.3, -0.25) is 4.79 Å². The first kappa shape index (κ1) is 16.2. The van der Waals surface area contributed by atoms with Crippen molar-refractivity contribution in [2.45, 2.75) is 18.8 Å². The van der Waals surface area contributed by atoms with Crippen LogP contribution in [0.1, 0.15) is 35.1 Å². The van der Waals surface area contributed by atoms with Crippen molar-refractivity contribution in [2.75, 3.05) is 13.1 Å². The Labute approximate surface area is 151 Å². The monoisotopic (exact) mass is 356 g/mol. The Balaban J connectivity index is 1.64. The average Bonchev–Trinajstić information content (AvgIpc) is 3.19. The molecule has 130 valence electrons. The van der Waals surface area contributed by atoms with E-state index in [-0.39, 0.29) is 11.8 Å². The van der Waals surface area contributed by atoms with E-state index >= 15 is 0 Å². The van der Waals surface area contributed by atoms with E-state index < -0.39 is 0 Å². The second kappa shape index (κ2) is 6.23. The Hall–Kier alpha value is -2.27. The molecule has 0 N–H and O–H groups in total. The molecular weight excluding hydrogens is 336 g/mol. The third-order valence-electron chi connectivity index (χ3n) is 5.16. The number of para-hydroxylation sites is 1. The van der Waals surface area contributed by atoms with Crippen LogP contribution in [0.25, 0.3) is 10.9 Å². The first-order chi connectivity index (χ1) is 12.1. The summed E-state index contributed by atoms with van der Waals surface area (Å²) in [7, 11) is 3.91. The summed E-state index contributed by atoms with van der Waals surface area (Å²) in [5.74, 6) is 1.40. The lowest BCUT2D eigenvalue weighted by molar-refractivity contribution is 0.0694. The van der Waals surface area contributed by atoms with E-state index in [1.54, 1.807) is 0 Å². The molecule has 0 aliphatic carbocycles. The van der Waals surface area contributed by atoms with Crippen LogP contribution in [-0.2, 0) is 14.1 Å². The maximum atomic E-state index is 13.1. The summed E-state index contributed by atoms with van der Waals surface area (Å²) in [4.78, 5) is 19.6. The zero-order valence-corrected chi connectivity index (χ0v) is 15.2. The van der Waals surface area contributed by atoms with Crippen molar-refractivity contribution in [3.8, 4) is 0 Å². The minimum absolute atomic E-state index is 0.0636. The smallest absolute Gasteiger partial charge is 0.270 e. The molecule has 0 saturated carbocycles. The molecule has 1 saturated heterocycles. The van der Waals surface area contributed by atoms with E-state index in [2.05, 4.69) is 9.55 Å². The van der Waals surface area contributed by atoms with Gasteiger partial charge >= 0.3 is 0 Å². The molecule has 1 aromatic carbocycles. The van der Waals surface area contributed by atoms with Crippen LogP contribution in [0.3, 0.4) is 0 Å². The normalized spacial score (nSPS) is 18.0. The van der Waals surface area contributed by atoms with Crippen LogP contribution >= 0.6 is 11.6 Å². The Morgan fingerprint density at radius 3 is 2.88 bits per heavy atom. The van der Waals surface area contributed by atoms with Gasteiger partial charge in [0, 0.05) is 50.9 Å². The zero-order valence-electron chi connectivity index (χ0n) is 14.4. The highest BCUT2D eigenvalue weighted by Crippen LogP contribution is 2.29. The molecule has 0 radical (unpaired) electrons. The molecule has 1 amide bonds. The highest BCUT2D eigenvalue weighted by Gasteiger charge is 2.29. The summed E-state index contributed by atoms with van der Waals surface area (Å²) in [6, 6.07) is 7.70. The third-order valence-corrected chi connectivity index (χ3v) is 5.46. The van der Waals surface area contributed by atoms with E-state index in [0.717, 1.165) is 36.1 Å². The second-order valence-corrected chi connectivity index (χ2v) is 7.16. The Kier molecular flexibility index (Phi) is 4.04. The van der Waals surface area contributed by atoms with Crippen molar-refractivity contribution >= 4 is 28.4 Å². The van der Waals surface area contributed by atoms with Crippen molar-refractivity contribution in [3.05, 3.63) is 53.2 Å². The number of nitrogens with zero attached hydrogens (tertiary/aromatic N) is 4. The molecule has 4 rings (SSSR count). The van der Waals surface area contributed by atoms with Crippen molar-refractivity contribution in [1.29, 1.82) is 0 Å². The molecule has 0 bridgehead atoms. The van der Waals surface area contributed by atoms with E-state index in [9.17, 15) is 4.79 Å². The lowest BCUT2D eigenvalue weighted by Crippen LogP contribution is -2.40. The average molecular weight is 357 g/mol. The number of aromatic nitrogens is 3. The number of likely N-dealkylation sites (tertiary alicyclic amines) is 1. The maximum Gasteiger partial charge on any atom is 0.270 e. The van der Waals surface area contributed by atoms with Crippen LogP contribution in [0.2, 0.25) is 5.02 Å². The van der Waals surface area contributed by atoms with Crippen LogP contribution < -0.4 is 0 Å². The van der Waals surface area contributed by atoms with Crippen LogP contribution in [-0.4, -0.2) is 38.0 Å². The van der Waals surface area contributed by atoms with Gasteiger partial charge in [-0.1, -0.05) is 23.7 Å². The fraction of sp³-hybridized carbons (Fsp3) is 0.368. The first-order valence-electron chi connectivity index (χ1n) is 8.56. The van der Waals surface area contributed by atoms with E-state index in [1.165, 1.54) is 0 Å². The van der Waals surface area contributed by atoms with E-state index in [1.807, 2.05) is 60.2 Å². The van der Waals surface area contributed by atoms with Crippen molar-refractivity contribution < 1.29 is 4.79 Å². The molecular formula is C19H21ClN4O. The first-order valence-corrected chi connectivity index (χ1v) is 8.94. The van der Waals surface area contributed by atoms with Gasteiger partial charge in [0.05, 0.1) is 10.5 Å². The Morgan fingerprint density at radius 2 is 2.16 bits per heavy atom. The lowest BCUT2D eigenvalue weighted by atomic mass is 9.97. The fourth-order valence-electron chi connectivity index (χ4n) is 3.88. The van der Waals surface area contributed by atoms with Crippen LogP contribution in [0.4, 0.5) is 0 Å². The second-order valence-electron chi connectivity index (χ2n) is 6.75. The minimum atomic E-state index is 0.0636. The van der Waals surface area contributed by atoms with Gasteiger partial charge in [-0.2, -0.15) is 0 Å². The highest BCUT2D eigenvalue weighted by molar-refractivity contribution is 6.35. The summed E-state index contributed by atoms with van der Waals surface area (Å²) in [6.07, 6.45) is 5.84. The topological polar surface area (TPSA) is 43.1 Å². The van der Waals surface area contributed by atoms with Crippen molar-refractivity contribution in [3.63, 3.8) is 0 Å². The SMILES string of the molecule is Cn1ccnc1[C@H]1CCCN(C(=O)c2cc3cccc(Cl)c3n2C)C1. The van der Waals surface area contributed by atoms with Gasteiger partial charge in [-0.15, -0.1) is 0 Å². The molecule has 0 spiro atoms. The summed E-state index contributed by atoms with van der Waals surface area (Å²) in [5.41, 5.74) is 1.59. The number of carbonyl (C=O) groups is 1. The lowest BCUT2D eigenvalue weighted by Gasteiger charge is -2.32. The molecule has 5 nitrogen and oxygen atoms in total. The molecule has 6 heteroatoms.